The number of aryl methyl sites for hydroxylation is 1. The van der Waals surface area contributed by atoms with Gasteiger partial charge in [0.25, 0.3) is 0 Å². The van der Waals surface area contributed by atoms with Crippen LogP contribution in [0.5, 0.6) is 5.75 Å². The van der Waals surface area contributed by atoms with Gasteiger partial charge < -0.3 is 10.2 Å². The highest BCUT2D eigenvalue weighted by Gasteiger charge is 2.08. The molecule has 0 aliphatic rings. The Hall–Kier alpha value is -1.10. The van der Waals surface area contributed by atoms with E-state index >= 15 is 0 Å². The summed E-state index contributed by atoms with van der Waals surface area (Å²) in [5, 5.41) is 17.7. The average molecular weight is 263 g/mol. The molecule has 0 heterocycles. The molecule has 1 aromatic carbocycles. The fourth-order valence-corrected chi connectivity index (χ4v) is 1.41. The topological polar surface area (TPSA) is 57.5 Å². The average Bonchev–Trinajstić information content (AvgIpc) is 2.09. The summed E-state index contributed by atoms with van der Waals surface area (Å²) in [7, 11) is 0. The molecule has 0 amide bonds. The standard InChI is InChI=1S/C9H8BrFO3/c10-6-3-5(1-2-9(13)14)8(12)4-7(6)11/h3-4,12H,1-2H2,(H,13,14). The molecule has 0 aliphatic heterocycles. The molecule has 5 heteroatoms. The maximum atomic E-state index is 12.8. The van der Waals surface area contributed by atoms with Crippen molar-refractivity contribution in [1.82, 2.24) is 0 Å². The van der Waals surface area contributed by atoms with Crippen molar-refractivity contribution in [2.24, 2.45) is 0 Å². The molecule has 76 valence electrons. The first-order valence-electron chi connectivity index (χ1n) is 3.89. The van der Waals surface area contributed by atoms with Gasteiger partial charge in [0, 0.05) is 12.5 Å². The first-order chi connectivity index (χ1) is 6.50. The zero-order valence-electron chi connectivity index (χ0n) is 7.13. The van der Waals surface area contributed by atoms with Gasteiger partial charge in [0.2, 0.25) is 0 Å². The van der Waals surface area contributed by atoms with Gasteiger partial charge in [-0.3, -0.25) is 4.79 Å². The normalized spacial score (nSPS) is 10.1. The van der Waals surface area contributed by atoms with Gasteiger partial charge in [0.15, 0.2) is 0 Å². The van der Waals surface area contributed by atoms with Gasteiger partial charge in [-0.15, -0.1) is 0 Å². The van der Waals surface area contributed by atoms with Crippen LogP contribution in [0.15, 0.2) is 16.6 Å². The summed E-state index contributed by atoms with van der Waals surface area (Å²) in [5.41, 5.74) is 0.417. The van der Waals surface area contributed by atoms with E-state index in [1.165, 1.54) is 6.07 Å². The van der Waals surface area contributed by atoms with Gasteiger partial charge in [0.05, 0.1) is 4.47 Å². The van der Waals surface area contributed by atoms with Gasteiger partial charge in [-0.25, -0.2) is 4.39 Å². The zero-order valence-corrected chi connectivity index (χ0v) is 8.71. The van der Waals surface area contributed by atoms with E-state index in [0.717, 1.165) is 6.07 Å². The van der Waals surface area contributed by atoms with Crippen molar-refractivity contribution in [1.29, 1.82) is 0 Å². The van der Waals surface area contributed by atoms with Crippen LogP contribution in [-0.2, 0) is 11.2 Å². The number of carbonyl (C=O) groups is 1. The van der Waals surface area contributed by atoms with E-state index in [1.807, 2.05) is 0 Å². The first kappa shape index (κ1) is 11.0. The molecule has 0 fully saturated rings. The molecule has 0 aliphatic carbocycles. The summed E-state index contributed by atoms with van der Waals surface area (Å²) in [6.45, 7) is 0. The summed E-state index contributed by atoms with van der Waals surface area (Å²) < 4.78 is 13.1. The lowest BCUT2D eigenvalue weighted by Crippen LogP contribution is -1.98. The lowest BCUT2D eigenvalue weighted by Gasteiger charge is -2.04. The number of phenols is 1. The third-order valence-electron chi connectivity index (χ3n) is 1.73. The summed E-state index contributed by atoms with van der Waals surface area (Å²) in [5.74, 6) is -1.74. The molecule has 0 saturated heterocycles. The van der Waals surface area contributed by atoms with Gasteiger partial charge in [-0.2, -0.15) is 0 Å². The van der Waals surface area contributed by atoms with E-state index in [4.69, 9.17) is 5.11 Å². The van der Waals surface area contributed by atoms with Gasteiger partial charge >= 0.3 is 5.97 Å². The highest BCUT2D eigenvalue weighted by Crippen LogP contribution is 2.26. The predicted octanol–water partition coefficient (Wildman–Crippen LogP) is 2.31. The van der Waals surface area contributed by atoms with Crippen molar-refractivity contribution in [3.63, 3.8) is 0 Å². The number of carboxylic acid groups (broad SMARTS) is 1. The number of aliphatic carboxylic acids is 1. The lowest BCUT2D eigenvalue weighted by molar-refractivity contribution is -0.136. The van der Waals surface area contributed by atoms with Crippen molar-refractivity contribution in [3.05, 3.63) is 28.0 Å². The summed E-state index contributed by atoms with van der Waals surface area (Å²) in [6.07, 6.45) is 0.0890. The SMILES string of the molecule is O=C(O)CCc1cc(Br)c(F)cc1O. The number of phenolic OH excluding ortho intramolecular Hbond substituents is 1. The molecule has 0 spiro atoms. The van der Waals surface area contributed by atoms with Crippen molar-refractivity contribution >= 4 is 21.9 Å². The smallest absolute Gasteiger partial charge is 0.303 e. The zero-order chi connectivity index (χ0) is 10.7. The largest absolute Gasteiger partial charge is 0.508 e. The Labute approximate surface area is 88.3 Å². The molecule has 1 aromatic rings. The number of rotatable bonds is 3. The minimum absolute atomic E-state index is 0.0916. The van der Waals surface area contributed by atoms with E-state index < -0.39 is 11.8 Å². The predicted molar refractivity (Wildman–Crippen MR) is 51.7 cm³/mol. The maximum absolute atomic E-state index is 12.8. The van der Waals surface area contributed by atoms with Crippen molar-refractivity contribution in [2.75, 3.05) is 0 Å². The number of hydrogen-bond acceptors (Lipinski definition) is 2. The molecule has 14 heavy (non-hydrogen) atoms. The van der Waals surface area contributed by atoms with Crippen LogP contribution >= 0.6 is 15.9 Å². The first-order valence-corrected chi connectivity index (χ1v) is 4.68. The fourth-order valence-electron chi connectivity index (χ4n) is 1.02. The molecule has 0 radical (unpaired) electrons. The lowest BCUT2D eigenvalue weighted by atomic mass is 10.1. The Morgan fingerprint density at radius 2 is 2.14 bits per heavy atom. The van der Waals surface area contributed by atoms with Crippen LogP contribution in [0.3, 0.4) is 0 Å². The minimum atomic E-state index is -0.954. The van der Waals surface area contributed by atoms with E-state index in [0.29, 0.717) is 5.56 Å². The van der Waals surface area contributed by atoms with Crippen molar-refractivity contribution < 1.29 is 19.4 Å². The van der Waals surface area contributed by atoms with Crippen LogP contribution < -0.4 is 0 Å². The highest BCUT2D eigenvalue weighted by atomic mass is 79.9. The number of aromatic hydroxyl groups is 1. The van der Waals surface area contributed by atoms with Gasteiger partial charge in [-0.05, 0) is 34.0 Å². The molecular formula is C9H8BrFO3. The van der Waals surface area contributed by atoms with Crippen LogP contribution in [0, 0.1) is 5.82 Å². The number of benzene rings is 1. The Balaban J connectivity index is 2.87. The van der Waals surface area contributed by atoms with Crippen molar-refractivity contribution in [2.45, 2.75) is 12.8 Å². The molecule has 0 aromatic heterocycles. The monoisotopic (exact) mass is 262 g/mol. The highest BCUT2D eigenvalue weighted by molar-refractivity contribution is 9.10. The number of halogens is 2. The van der Waals surface area contributed by atoms with Crippen LogP contribution in [-0.4, -0.2) is 16.2 Å². The quantitative estimate of drug-likeness (QED) is 0.879. The number of hydrogen-bond donors (Lipinski definition) is 2. The van der Waals surface area contributed by atoms with E-state index in [-0.39, 0.29) is 23.1 Å². The van der Waals surface area contributed by atoms with Crippen molar-refractivity contribution in [3.8, 4) is 5.75 Å². The second-order valence-corrected chi connectivity index (χ2v) is 3.64. The molecule has 0 unspecified atom stereocenters. The molecule has 0 bridgehead atoms. The fraction of sp³-hybridized carbons (Fsp3) is 0.222. The Bertz CT molecular complexity index is 365. The Kier molecular flexibility index (Phi) is 3.46. The summed E-state index contributed by atoms with van der Waals surface area (Å²) in [4.78, 5) is 10.3. The van der Waals surface area contributed by atoms with Crippen LogP contribution in [0.25, 0.3) is 0 Å². The Morgan fingerprint density at radius 3 is 2.71 bits per heavy atom. The van der Waals surface area contributed by atoms with Gasteiger partial charge in [-0.1, -0.05) is 0 Å². The third kappa shape index (κ3) is 2.70. The molecule has 0 atom stereocenters. The summed E-state index contributed by atoms with van der Waals surface area (Å²) >= 11 is 2.95. The van der Waals surface area contributed by atoms with Crippen LogP contribution in [0.1, 0.15) is 12.0 Å². The second kappa shape index (κ2) is 4.41. The Morgan fingerprint density at radius 1 is 1.50 bits per heavy atom. The van der Waals surface area contributed by atoms with Crippen LogP contribution in [0.4, 0.5) is 4.39 Å². The third-order valence-corrected chi connectivity index (χ3v) is 2.34. The van der Waals surface area contributed by atoms with Crippen LogP contribution in [0.2, 0.25) is 0 Å². The summed E-state index contributed by atoms with van der Waals surface area (Å²) in [6, 6.07) is 2.34. The van der Waals surface area contributed by atoms with Gasteiger partial charge in [0.1, 0.15) is 11.6 Å². The van der Waals surface area contributed by atoms with E-state index in [9.17, 15) is 14.3 Å². The van der Waals surface area contributed by atoms with E-state index in [2.05, 4.69) is 15.9 Å². The molecule has 0 saturated carbocycles. The molecule has 3 nitrogen and oxygen atoms in total. The second-order valence-electron chi connectivity index (χ2n) is 2.79. The van der Waals surface area contributed by atoms with E-state index in [1.54, 1.807) is 0 Å². The minimum Gasteiger partial charge on any atom is -0.508 e. The molecule has 1 rings (SSSR count). The maximum Gasteiger partial charge on any atom is 0.303 e. The molecular weight excluding hydrogens is 255 g/mol. The number of carboxylic acids is 1. The molecule has 2 N–H and O–H groups in total.